The van der Waals surface area contributed by atoms with Gasteiger partial charge in [-0.3, -0.25) is 4.79 Å². The summed E-state index contributed by atoms with van der Waals surface area (Å²) in [6, 6.07) is 8.48. The van der Waals surface area contributed by atoms with Crippen LogP contribution in [-0.4, -0.2) is 36.9 Å². The van der Waals surface area contributed by atoms with Crippen molar-refractivity contribution in [3.8, 4) is 5.75 Å². The maximum Gasteiger partial charge on any atom is 0.323 e. The highest BCUT2D eigenvalue weighted by Gasteiger charge is 2.13. The van der Waals surface area contributed by atoms with Gasteiger partial charge in [0, 0.05) is 6.61 Å². The topological polar surface area (TPSA) is 81.8 Å². The first-order valence-corrected chi connectivity index (χ1v) is 5.45. The fourth-order valence-electron chi connectivity index (χ4n) is 1.18. The van der Waals surface area contributed by atoms with E-state index in [1.807, 2.05) is 30.3 Å². The minimum absolute atomic E-state index is 0.128. The first kappa shape index (κ1) is 13.5. The predicted octanol–water partition coefficient (Wildman–Crippen LogP) is 0.318. The molecule has 0 saturated carbocycles. The molecule has 5 heteroatoms. The molecule has 1 rings (SSSR count). The van der Waals surface area contributed by atoms with E-state index in [1.54, 1.807) is 0 Å². The molecule has 0 aromatic heterocycles. The number of benzene rings is 1. The van der Waals surface area contributed by atoms with Crippen LogP contribution in [0.5, 0.6) is 5.75 Å². The fourth-order valence-corrected chi connectivity index (χ4v) is 1.18. The Hall–Kier alpha value is -1.59. The lowest BCUT2D eigenvalue weighted by atomic mass is 10.2. The number of aliphatic hydroxyl groups is 1. The van der Waals surface area contributed by atoms with Crippen LogP contribution < -0.4 is 10.5 Å². The van der Waals surface area contributed by atoms with E-state index in [-0.39, 0.29) is 26.2 Å². The zero-order valence-electron chi connectivity index (χ0n) is 9.54. The van der Waals surface area contributed by atoms with E-state index in [0.717, 1.165) is 5.75 Å². The van der Waals surface area contributed by atoms with Gasteiger partial charge in [-0.1, -0.05) is 18.2 Å². The summed E-state index contributed by atoms with van der Waals surface area (Å²) in [7, 11) is 0. The Bertz CT molecular complexity index is 329. The molecule has 1 aromatic carbocycles. The number of carbonyl (C=O) groups is 1. The Morgan fingerprint density at radius 2 is 2.00 bits per heavy atom. The van der Waals surface area contributed by atoms with E-state index in [2.05, 4.69) is 0 Å². The number of rotatable bonds is 7. The van der Waals surface area contributed by atoms with E-state index in [9.17, 15) is 4.79 Å². The number of carbonyl (C=O) groups excluding carboxylic acids is 1. The third kappa shape index (κ3) is 5.33. The highest BCUT2D eigenvalue weighted by molar-refractivity contribution is 5.75. The summed E-state index contributed by atoms with van der Waals surface area (Å²) in [4.78, 5) is 11.2. The normalized spacial score (nSPS) is 11.9. The molecule has 0 spiro atoms. The van der Waals surface area contributed by atoms with E-state index >= 15 is 0 Å². The Morgan fingerprint density at radius 3 is 2.65 bits per heavy atom. The van der Waals surface area contributed by atoms with Crippen molar-refractivity contribution in [2.45, 2.75) is 12.5 Å². The van der Waals surface area contributed by atoms with E-state index in [0.29, 0.717) is 0 Å². The van der Waals surface area contributed by atoms with E-state index in [4.69, 9.17) is 20.3 Å². The Kier molecular flexibility index (Phi) is 6.06. The molecule has 0 heterocycles. The van der Waals surface area contributed by atoms with Gasteiger partial charge in [0.25, 0.3) is 0 Å². The lowest BCUT2D eigenvalue weighted by molar-refractivity contribution is -0.146. The highest BCUT2D eigenvalue weighted by Crippen LogP contribution is 2.07. The van der Waals surface area contributed by atoms with Crippen LogP contribution in [0.4, 0.5) is 0 Å². The van der Waals surface area contributed by atoms with Gasteiger partial charge in [-0.15, -0.1) is 0 Å². The monoisotopic (exact) mass is 239 g/mol. The average Bonchev–Trinajstić information content (AvgIpc) is 2.36. The highest BCUT2D eigenvalue weighted by atomic mass is 16.6. The standard InChI is InChI=1S/C12H17NO4/c13-11(6-7-14)12(15)17-9-8-16-10-4-2-1-3-5-10/h1-5,11,14H,6-9,13H2. The zero-order chi connectivity index (χ0) is 12.5. The number of hydrogen-bond donors (Lipinski definition) is 2. The van der Waals surface area contributed by atoms with Gasteiger partial charge in [0.2, 0.25) is 0 Å². The van der Waals surface area contributed by atoms with E-state index in [1.165, 1.54) is 0 Å². The summed E-state index contributed by atoms with van der Waals surface area (Å²) in [5, 5.41) is 8.59. The number of nitrogens with two attached hydrogens (primary N) is 1. The largest absolute Gasteiger partial charge is 0.490 e. The van der Waals surface area contributed by atoms with Crippen LogP contribution in [-0.2, 0) is 9.53 Å². The van der Waals surface area contributed by atoms with Gasteiger partial charge in [-0.2, -0.15) is 0 Å². The third-order valence-electron chi connectivity index (χ3n) is 2.08. The third-order valence-corrected chi connectivity index (χ3v) is 2.08. The number of aliphatic hydroxyl groups excluding tert-OH is 1. The molecule has 1 atom stereocenters. The lowest BCUT2D eigenvalue weighted by Gasteiger charge is -2.10. The minimum atomic E-state index is -0.767. The molecule has 0 saturated heterocycles. The second kappa shape index (κ2) is 7.65. The minimum Gasteiger partial charge on any atom is -0.490 e. The number of hydrogen-bond acceptors (Lipinski definition) is 5. The smallest absolute Gasteiger partial charge is 0.323 e. The number of ether oxygens (including phenoxy) is 2. The molecule has 1 aromatic rings. The summed E-state index contributed by atoms with van der Waals surface area (Å²) in [6.45, 7) is 0.297. The maximum atomic E-state index is 11.2. The van der Waals surface area contributed by atoms with Crippen molar-refractivity contribution in [1.82, 2.24) is 0 Å². The van der Waals surface area contributed by atoms with Gasteiger partial charge in [-0.25, -0.2) is 0 Å². The molecule has 0 bridgehead atoms. The van der Waals surface area contributed by atoms with Crippen molar-refractivity contribution in [3.05, 3.63) is 30.3 Å². The quantitative estimate of drug-likeness (QED) is 0.529. The first-order chi connectivity index (χ1) is 8.24. The van der Waals surface area contributed by atoms with Crippen LogP contribution in [0.25, 0.3) is 0 Å². The van der Waals surface area contributed by atoms with Gasteiger partial charge in [-0.05, 0) is 18.6 Å². The van der Waals surface area contributed by atoms with Gasteiger partial charge >= 0.3 is 5.97 Å². The predicted molar refractivity (Wildman–Crippen MR) is 62.6 cm³/mol. The molecule has 0 aliphatic heterocycles. The van der Waals surface area contributed by atoms with Crippen molar-refractivity contribution in [2.24, 2.45) is 5.73 Å². The van der Waals surface area contributed by atoms with Crippen LogP contribution in [0.3, 0.4) is 0 Å². The van der Waals surface area contributed by atoms with Crippen LogP contribution in [0.1, 0.15) is 6.42 Å². The second-order valence-electron chi connectivity index (χ2n) is 3.45. The first-order valence-electron chi connectivity index (χ1n) is 5.45. The van der Waals surface area contributed by atoms with Crippen LogP contribution >= 0.6 is 0 Å². The van der Waals surface area contributed by atoms with Crippen molar-refractivity contribution in [2.75, 3.05) is 19.8 Å². The second-order valence-corrected chi connectivity index (χ2v) is 3.45. The number of esters is 1. The summed E-state index contributed by atoms with van der Waals surface area (Å²) in [5.74, 6) is 0.207. The summed E-state index contributed by atoms with van der Waals surface area (Å²) in [5.41, 5.74) is 5.45. The molecule has 1 unspecified atom stereocenters. The maximum absolute atomic E-state index is 11.2. The fraction of sp³-hybridized carbons (Fsp3) is 0.417. The molecule has 0 amide bonds. The Morgan fingerprint density at radius 1 is 1.29 bits per heavy atom. The molecule has 0 radical (unpaired) electrons. The SMILES string of the molecule is NC(CCO)C(=O)OCCOc1ccccc1. The van der Waals surface area contributed by atoms with Crippen molar-refractivity contribution < 1.29 is 19.4 Å². The van der Waals surface area contributed by atoms with Gasteiger partial charge < -0.3 is 20.3 Å². The zero-order valence-corrected chi connectivity index (χ0v) is 9.54. The van der Waals surface area contributed by atoms with Crippen LogP contribution in [0.15, 0.2) is 30.3 Å². The summed E-state index contributed by atoms with van der Waals surface area (Å²) in [6.07, 6.45) is 0.207. The summed E-state index contributed by atoms with van der Waals surface area (Å²) < 4.78 is 10.2. The number of para-hydroxylation sites is 1. The molecule has 94 valence electrons. The molecule has 0 aliphatic rings. The molecular formula is C12H17NO4. The summed E-state index contributed by atoms with van der Waals surface area (Å²) >= 11 is 0. The molecule has 5 nitrogen and oxygen atoms in total. The van der Waals surface area contributed by atoms with Gasteiger partial charge in [0.1, 0.15) is 25.0 Å². The molecule has 0 fully saturated rings. The van der Waals surface area contributed by atoms with Crippen LogP contribution in [0.2, 0.25) is 0 Å². The Balaban J connectivity index is 2.14. The van der Waals surface area contributed by atoms with E-state index < -0.39 is 12.0 Å². The molecular weight excluding hydrogens is 222 g/mol. The van der Waals surface area contributed by atoms with Gasteiger partial charge in [0.15, 0.2) is 0 Å². The molecule has 0 aliphatic carbocycles. The molecule has 17 heavy (non-hydrogen) atoms. The van der Waals surface area contributed by atoms with Gasteiger partial charge in [0.05, 0.1) is 0 Å². The Labute approximate surface area is 100 Å². The lowest BCUT2D eigenvalue weighted by Crippen LogP contribution is -2.33. The van der Waals surface area contributed by atoms with Crippen LogP contribution in [0, 0.1) is 0 Å². The van der Waals surface area contributed by atoms with Crippen molar-refractivity contribution in [1.29, 1.82) is 0 Å². The molecule has 3 N–H and O–H groups in total. The van der Waals surface area contributed by atoms with Crippen molar-refractivity contribution in [3.63, 3.8) is 0 Å². The van der Waals surface area contributed by atoms with Crippen molar-refractivity contribution >= 4 is 5.97 Å². The average molecular weight is 239 g/mol.